The summed E-state index contributed by atoms with van der Waals surface area (Å²) in [5.41, 5.74) is 0.810. The van der Waals surface area contributed by atoms with Gasteiger partial charge in [0.05, 0.1) is 21.7 Å². The van der Waals surface area contributed by atoms with Crippen molar-refractivity contribution < 1.29 is 32.2 Å². The van der Waals surface area contributed by atoms with Gasteiger partial charge in [-0.1, -0.05) is 6.07 Å². The highest BCUT2D eigenvalue weighted by Crippen LogP contribution is 2.34. The molecule has 0 radical (unpaired) electrons. The predicted octanol–water partition coefficient (Wildman–Crippen LogP) is 4.85. The Labute approximate surface area is 209 Å². The van der Waals surface area contributed by atoms with Crippen LogP contribution in [0.1, 0.15) is 10.5 Å². The van der Waals surface area contributed by atoms with Crippen molar-refractivity contribution in [1.29, 1.82) is 0 Å². The molecule has 0 saturated carbocycles. The second kappa shape index (κ2) is 10.1. The van der Waals surface area contributed by atoms with Gasteiger partial charge in [-0.25, -0.2) is 4.21 Å². The van der Waals surface area contributed by atoms with Crippen LogP contribution in [0.4, 0.5) is 25.8 Å². The van der Waals surface area contributed by atoms with Crippen LogP contribution < -0.4 is 19.5 Å². The number of carbonyl (C=O) groups excluding carboxylic acids is 1. The number of methoxy groups -OCH3 is 1. The molecule has 192 valence electrons. The number of benzene rings is 3. The zero-order valence-electron chi connectivity index (χ0n) is 19.2. The first-order valence-electron chi connectivity index (χ1n) is 10.5. The van der Waals surface area contributed by atoms with Crippen LogP contribution in [-0.2, 0) is 9.71 Å². The molecule has 1 amide bonds. The van der Waals surface area contributed by atoms with Gasteiger partial charge in [0.25, 0.3) is 11.6 Å². The second-order valence-electron chi connectivity index (χ2n) is 7.67. The number of nitro benzene ring substituents is 1. The molecular formula is C24H20F2N4O6S. The van der Waals surface area contributed by atoms with Gasteiger partial charge in [-0.05, 0) is 54.4 Å². The standard InChI is InChI=1S/C24H20F2N4O6S/c1-35-16-5-3-4-14(12-16)27-19-10-11-21(30(32)33)22-18(19)13-20(28-22)23(31)29-37(2,34)17-8-6-15(7-9-17)36-24(25)26/h3-13,24,27-28H,2H2,1H3,(H,29,31,34). The van der Waals surface area contributed by atoms with Gasteiger partial charge < -0.3 is 19.8 Å². The highest BCUT2D eigenvalue weighted by molar-refractivity contribution is 7.99. The van der Waals surface area contributed by atoms with Crippen molar-refractivity contribution in [1.82, 2.24) is 9.71 Å². The number of hydrogen-bond acceptors (Lipinski definition) is 7. The van der Waals surface area contributed by atoms with Gasteiger partial charge >= 0.3 is 6.61 Å². The summed E-state index contributed by atoms with van der Waals surface area (Å²) in [5, 5.41) is 15.1. The number of H-pyrrole nitrogens is 1. The number of aromatic amines is 1. The number of nitrogens with one attached hydrogen (secondary N) is 3. The van der Waals surface area contributed by atoms with Gasteiger partial charge in [0.15, 0.2) is 0 Å². The van der Waals surface area contributed by atoms with Gasteiger partial charge in [-0.2, -0.15) is 8.78 Å². The Morgan fingerprint density at radius 2 is 1.84 bits per heavy atom. The first-order valence-corrected chi connectivity index (χ1v) is 12.3. The van der Waals surface area contributed by atoms with Gasteiger partial charge in [-0.3, -0.25) is 19.6 Å². The average Bonchev–Trinajstić information content (AvgIpc) is 3.30. The minimum atomic E-state index is -3.41. The molecule has 1 unspecified atom stereocenters. The molecule has 0 aliphatic heterocycles. The fourth-order valence-corrected chi connectivity index (χ4v) is 4.65. The number of nitrogens with zero attached hydrogens (tertiary/aromatic N) is 1. The van der Waals surface area contributed by atoms with E-state index in [9.17, 15) is 27.9 Å². The Balaban J connectivity index is 1.65. The van der Waals surface area contributed by atoms with Gasteiger partial charge in [0, 0.05) is 33.8 Å². The lowest BCUT2D eigenvalue weighted by molar-refractivity contribution is -0.383. The summed E-state index contributed by atoms with van der Waals surface area (Å²) in [6.45, 7) is -3.02. The molecule has 1 aromatic heterocycles. The Morgan fingerprint density at radius 1 is 1.11 bits per heavy atom. The Hall–Kier alpha value is -4.65. The first-order chi connectivity index (χ1) is 17.6. The van der Waals surface area contributed by atoms with Crippen LogP contribution in [-0.4, -0.2) is 39.6 Å². The van der Waals surface area contributed by atoms with Gasteiger partial charge in [0.2, 0.25) is 0 Å². The molecule has 0 saturated heterocycles. The van der Waals surface area contributed by atoms with Crippen LogP contribution in [0.25, 0.3) is 10.9 Å². The zero-order chi connectivity index (χ0) is 26.7. The van der Waals surface area contributed by atoms with E-state index in [0.29, 0.717) is 22.5 Å². The number of non-ortho nitro benzene ring substituents is 1. The molecule has 0 spiro atoms. The molecule has 1 atom stereocenters. The molecule has 0 aliphatic rings. The lowest BCUT2D eigenvalue weighted by Gasteiger charge is -2.12. The molecule has 0 bridgehead atoms. The lowest BCUT2D eigenvalue weighted by Crippen LogP contribution is -2.30. The van der Waals surface area contributed by atoms with E-state index < -0.39 is 27.1 Å². The van der Waals surface area contributed by atoms with E-state index >= 15 is 0 Å². The van der Waals surface area contributed by atoms with Crippen molar-refractivity contribution in [2.45, 2.75) is 11.5 Å². The number of rotatable bonds is 9. The number of halogens is 2. The number of ether oxygens (including phenoxy) is 2. The summed E-state index contributed by atoms with van der Waals surface area (Å²) in [6, 6.07) is 16.0. The maximum Gasteiger partial charge on any atom is 0.387 e. The zero-order valence-corrected chi connectivity index (χ0v) is 20.0. The minimum absolute atomic E-state index is 0.0601. The van der Waals surface area contributed by atoms with Crippen molar-refractivity contribution in [3.8, 4) is 11.5 Å². The number of carbonyl (C=O) groups is 1. The average molecular weight is 531 g/mol. The number of hydrogen-bond donors (Lipinski definition) is 3. The molecule has 3 N–H and O–H groups in total. The summed E-state index contributed by atoms with van der Waals surface area (Å²) >= 11 is 0. The third kappa shape index (κ3) is 5.62. The van der Waals surface area contributed by atoms with Crippen molar-refractivity contribution in [3.05, 3.63) is 82.5 Å². The van der Waals surface area contributed by atoms with E-state index in [-0.39, 0.29) is 27.5 Å². The SMILES string of the molecule is C=S(=O)(NC(=O)c1cc2c(Nc3cccc(OC)c3)ccc([N+](=O)[O-])c2[nH]1)c1ccc(OC(F)F)cc1. The predicted molar refractivity (Wildman–Crippen MR) is 135 cm³/mol. The van der Waals surface area contributed by atoms with E-state index in [1.165, 1.54) is 49.6 Å². The van der Waals surface area contributed by atoms with E-state index in [4.69, 9.17) is 4.74 Å². The summed E-state index contributed by atoms with van der Waals surface area (Å²) < 4.78 is 49.6. The quantitative estimate of drug-likeness (QED) is 0.160. The fraction of sp³-hybridized carbons (Fsp3) is 0.0833. The molecule has 37 heavy (non-hydrogen) atoms. The molecule has 0 fully saturated rings. The largest absolute Gasteiger partial charge is 0.497 e. The van der Waals surface area contributed by atoms with Crippen LogP contribution in [0.2, 0.25) is 0 Å². The van der Waals surface area contributed by atoms with E-state index in [2.05, 4.69) is 25.6 Å². The Kier molecular flexibility index (Phi) is 6.98. The van der Waals surface area contributed by atoms with E-state index in [1.807, 2.05) is 0 Å². The Bertz CT molecular complexity index is 1590. The van der Waals surface area contributed by atoms with Crippen LogP contribution >= 0.6 is 0 Å². The highest BCUT2D eigenvalue weighted by Gasteiger charge is 2.22. The molecule has 4 aromatic rings. The molecule has 1 heterocycles. The number of aromatic nitrogens is 1. The van der Waals surface area contributed by atoms with Crippen molar-refractivity contribution in [2.24, 2.45) is 0 Å². The molecule has 4 rings (SSSR count). The topological polar surface area (TPSA) is 136 Å². The highest BCUT2D eigenvalue weighted by atomic mass is 32.2. The maximum atomic E-state index is 13.1. The molecule has 13 heteroatoms. The number of anilines is 2. The lowest BCUT2D eigenvalue weighted by atomic mass is 10.1. The molecular weight excluding hydrogens is 510 g/mol. The fourth-order valence-electron chi connectivity index (χ4n) is 3.55. The molecule has 3 aromatic carbocycles. The minimum Gasteiger partial charge on any atom is -0.497 e. The monoisotopic (exact) mass is 530 g/mol. The normalized spacial score (nSPS) is 12.6. The number of fused-ring (bicyclic) bond motifs is 1. The van der Waals surface area contributed by atoms with Crippen LogP contribution in [0.3, 0.4) is 0 Å². The van der Waals surface area contributed by atoms with Crippen LogP contribution in [0, 0.1) is 10.1 Å². The van der Waals surface area contributed by atoms with Crippen molar-refractivity contribution in [3.63, 3.8) is 0 Å². The van der Waals surface area contributed by atoms with E-state index in [1.54, 1.807) is 24.3 Å². The Morgan fingerprint density at radius 3 is 2.49 bits per heavy atom. The van der Waals surface area contributed by atoms with Crippen LogP contribution in [0.15, 0.2) is 71.6 Å². The summed E-state index contributed by atoms with van der Waals surface area (Å²) in [4.78, 5) is 26.7. The van der Waals surface area contributed by atoms with Gasteiger partial charge in [0.1, 0.15) is 22.7 Å². The van der Waals surface area contributed by atoms with Crippen LogP contribution in [0.5, 0.6) is 11.5 Å². The number of amides is 1. The second-order valence-corrected chi connectivity index (χ2v) is 9.70. The number of nitro groups is 1. The van der Waals surface area contributed by atoms with Crippen molar-refractivity contribution in [2.75, 3.05) is 12.4 Å². The van der Waals surface area contributed by atoms with Crippen molar-refractivity contribution >= 4 is 49.5 Å². The summed E-state index contributed by atoms with van der Waals surface area (Å²) in [5.74, 6) is 3.14. The third-order valence-electron chi connectivity index (χ3n) is 5.25. The third-order valence-corrected chi connectivity index (χ3v) is 6.80. The molecule has 0 aliphatic carbocycles. The summed E-state index contributed by atoms with van der Waals surface area (Å²) in [6.07, 6.45) is 0. The first kappa shape index (κ1) is 25.4. The van der Waals surface area contributed by atoms with Gasteiger partial charge in [-0.15, -0.1) is 0 Å². The van der Waals surface area contributed by atoms with E-state index in [0.717, 1.165) is 0 Å². The maximum absolute atomic E-state index is 13.1. The number of alkyl halides is 2. The smallest absolute Gasteiger partial charge is 0.387 e. The molecule has 10 nitrogen and oxygen atoms in total. The summed E-state index contributed by atoms with van der Waals surface area (Å²) in [7, 11) is -1.89.